The van der Waals surface area contributed by atoms with Crippen molar-refractivity contribution in [2.75, 3.05) is 0 Å². The third-order valence-corrected chi connectivity index (χ3v) is 5.19. The minimum absolute atomic E-state index is 0.151. The molecule has 5 aromatic rings. The Balaban J connectivity index is 1.28. The number of benzene rings is 2. The predicted octanol–water partition coefficient (Wildman–Crippen LogP) is 4.72. The number of pyridine rings is 2. The Morgan fingerprint density at radius 1 is 0.909 bits per heavy atom. The van der Waals surface area contributed by atoms with E-state index in [4.69, 9.17) is 9.26 Å². The first-order valence-electron chi connectivity index (χ1n) is 10.5. The lowest BCUT2D eigenvalue weighted by atomic mass is 9.99. The molecule has 0 unspecified atom stereocenters. The van der Waals surface area contributed by atoms with Crippen LogP contribution < -0.4 is 10.1 Å². The highest BCUT2D eigenvalue weighted by Crippen LogP contribution is 2.23. The maximum atomic E-state index is 12.9. The van der Waals surface area contributed by atoms with E-state index in [1.54, 1.807) is 24.7 Å². The van der Waals surface area contributed by atoms with Gasteiger partial charge in [0.1, 0.15) is 12.4 Å². The number of ether oxygens (including phenoxy) is 1. The van der Waals surface area contributed by atoms with Crippen LogP contribution in [0, 0.1) is 0 Å². The molecule has 0 aliphatic rings. The van der Waals surface area contributed by atoms with Gasteiger partial charge in [-0.2, -0.15) is 0 Å². The molecular weight excluding hydrogens is 416 g/mol. The summed E-state index contributed by atoms with van der Waals surface area (Å²) in [6, 6.07) is 24.2. The Morgan fingerprint density at radius 3 is 2.58 bits per heavy atom. The number of nitrogens with one attached hydrogen (secondary N) is 1. The Kier molecular flexibility index (Phi) is 5.75. The van der Waals surface area contributed by atoms with E-state index in [1.165, 1.54) is 0 Å². The van der Waals surface area contributed by atoms with E-state index in [2.05, 4.69) is 20.4 Å². The summed E-state index contributed by atoms with van der Waals surface area (Å²) < 4.78 is 11.1. The van der Waals surface area contributed by atoms with Gasteiger partial charge in [-0.15, -0.1) is 0 Å². The fourth-order valence-electron chi connectivity index (χ4n) is 3.55. The largest absolute Gasteiger partial charge is 0.486 e. The van der Waals surface area contributed by atoms with Crippen molar-refractivity contribution in [1.29, 1.82) is 0 Å². The summed E-state index contributed by atoms with van der Waals surface area (Å²) in [6.45, 7) is 0.151. The molecular formula is C26H20N4O3. The van der Waals surface area contributed by atoms with Gasteiger partial charge in [0.05, 0.1) is 11.6 Å². The Morgan fingerprint density at radius 2 is 1.73 bits per heavy atom. The SMILES string of the molecule is O=C(N[C@H](c1ccccc1)c1ccncc1)c1cc(COc2ccc3ncccc3c2)on1. The molecule has 3 heterocycles. The highest BCUT2D eigenvalue weighted by Gasteiger charge is 2.20. The molecule has 2 aromatic carbocycles. The van der Waals surface area contributed by atoms with Crippen molar-refractivity contribution in [3.8, 4) is 5.75 Å². The zero-order valence-corrected chi connectivity index (χ0v) is 17.6. The third kappa shape index (κ3) is 4.72. The number of hydrogen-bond donors (Lipinski definition) is 1. The molecule has 33 heavy (non-hydrogen) atoms. The number of fused-ring (bicyclic) bond motifs is 1. The first kappa shape index (κ1) is 20.4. The van der Waals surface area contributed by atoms with E-state index < -0.39 is 0 Å². The summed E-state index contributed by atoms with van der Waals surface area (Å²) in [5.41, 5.74) is 2.95. The zero-order valence-electron chi connectivity index (χ0n) is 17.6. The summed E-state index contributed by atoms with van der Waals surface area (Å²) in [7, 11) is 0. The minimum Gasteiger partial charge on any atom is -0.486 e. The molecule has 0 aliphatic carbocycles. The van der Waals surface area contributed by atoms with Crippen molar-refractivity contribution in [2.24, 2.45) is 0 Å². The molecule has 7 nitrogen and oxygen atoms in total. The van der Waals surface area contributed by atoms with Gasteiger partial charge in [-0.25, -0.2) is 0 Å². The maximum Gasteiger partial charge on any atom is 0.274 e. The molecule has 0 aliphatic heterocycles. The van der Waals surface area contributed by atoms with E-state index in [9.17, 15) is 4.79 Å². The van der Waals surface area contributed by atoms with Crippen LogP contribution in [0.15, 0.2) is 102 Å². The lowest BCUT2D eigenvalue weighted by Gasteiger charge is -2.19. The highest BCUT2D eigenvalue weighted by molar-refractivity contribution is 5.92. The topological polar surface area (TPSA) is 90.1 Å². The van der Waals surface area contributed by atoms with Crippen LogP contribution in [0.25, 0.3) is 10.9 Å². The third-order valence-electron chi connectivity index (χ3n) is 5.19. The lowest BCUT2D eigenvalue weighted by molar-refractivity contribution is 0.0933. The first-order chi connectivity index (χ1) is 16.3. The monoisotopic (exact) mass is 436 g/mol. The summed E-state index contributed by atoms with van der Waals surface area (Å²) in [4.78, 5) is 21.3. The number of carbonyl (C=O) groups is 1. The molecule has 0 radical (unpaired) electrons. The highest BCUT2D eigenvalue weighted by atomic mass is 16.5. The molecule has 0 spiro atoms. The van der Waals surface area contributed by atoms with Gasteiger partial charge in [0.15, 0.2) is 11.5 Å². The number of rotatable bonds is 7. The van der Waals surface area contributed by atoms with Crippen molar-refractivity contribution in [3.63, 3.8) is 0 Å². The number of aromatic nitrogens is 3. The quantitative estimate of drug-likeness (QED) is 0.397. The van der Waals surface area contributed by atoms with Crippen molar-refractivity contribution in [2.45, 2.75) is 12.6 Å². The molecule has 5 rings (SSSR count). The van der Waals surface area contributed by atoms with Crippen molar-refractivity contribution in [3.05, 3.63) is 120 Å². The van der Waals surface area contributed by atoms with Crippen molar-refractivity contribution in [1.82, 2.24) is 20.4 Å². The molecule has 0 saturated carbocycles. The predicted molar refractivity (Wildman–Crippen MR) is 123 cm³/mol. The summed E-state index contributed by atoms with van der Waals surface area (Å²) >= 11 is 0. The van der Waals surface area contributed by atoms with Gasteiger partial charge in [-0.05, 0) is 47.5 Å². The Labute approximate surface area is 190 Å². The van der Waals surface area contributed by atoms with Crippen molar-refractivity contribution >= 4 is 16.8 Å². The zero-order chi connectivity index (χ0) is 22.5. The van der Waals surface area contributed by atoms with Crippen LogP contribution in [0.4, 0.5) is 0 Å². The van der Waals surface area contributed by atoms with Crippen LogP contribution in [0.1, 0.15) is 33.4 Å². The normalized spacial score (nSPS) is 11.8. The van der Waals surface area contributed by atoms with Crippen LogP contribution in [0.2, 0.25) is 0 Å². The number of hydrogen-bond acceptors (Lipinski definition) is 6. The van der Waals surface area contributed by atoms with Crippen LogP contribution in [-0.4, -0.2) is 21.0 Å². The van der Waals surface area contributed by atoms with E-state index in [1.807, 2.05) is 72.8 Å². The maximum absolute atomic E-state index is 12.9. The second-order valence-electron chi connectivity index (χ2n) is 7.42. The molecule has 1 atom stereocenters. The summed E-state index contributed by atoms with van der Waals surface area (Å²) in [5.74, 6) is 0.791. The van der Waals surface area contributed by atoms with Gasteiger partial charge in [-0.3, -0.25) is 14.8 Å². The van der Waals surface area contributed by atoms with Gasteiger partial charge in [0.25, 0.3) is 5.91 Å². The van der Waals surface area contributed by atoms with Gasteiger partial charge in [0, 0.05) is 30.0 Å². The molecule has 1 amide bonds. The average molecular weight is 436 g/mol. The first-order valence-corrected chi connectivity index (χ1v) is 10.5. The van der Waals surface area contributed by atoms with E-state index in [0.29, 0.717) is 11.5 Å². The molecule has 3 aromatic heterocycles. The van der Waals surface area contributed by atoms with E-state index >= 15 is 0 Å². The summed E-state index contributed by atoms with van der Waals surface area (Å²) in [5, 5.41) is 7.95. The molecule has 1 N–H and O–H groups in total. The van der Waals surface area contributed by atoms with E-state index in [-0.39, 0.29) is 24.2 Å². The summed E-state index contributed by atoms with van der Waals surface area (Å²) in [6.07, 6.45) is 5.15. The fraction of sp³-hybridized carbons (Fsp3) is 0.0769. The van der Waals surface area contributed by atoms with Gasteiger partial charge < -0.3 is 14.6 Å². The second kappa shape index (κ2) is 9.32. The molecule has 0 saturated heterocycles. The van der Waals surface area contributed by atoms with Gasteiger partial charge in [-0.1, -0.05) is 41.6 Å². The molecule has 0 bridgehead atoms. The minimum atomic E-state index is -0.343. The Bertz CT molecular complexity index is 1330. The number of amides is 1. The molecule has 162 valence electrons. The molecule has 0 fully saturated rings. The standard InChI is InChI=1S/C26H20N4O3/c31-26(29-25(18-5-2-1-3-6-18)19-10-13-27-14-11-19)24-16-22(33-30-24)17-32-21-8-9-23-20(15-21)7-4-12-28-23/h1-16,25H,17H2,(H,29,31)/t25-/m1/s1. The fourth-order valence-corrected chi connectivity index (χ4v) is 3.55. The van der Waals surface area contributed by atoms with Crippen LogP contribution in [-0.2, 0) is 6.61 Å². The van der Waals surface area contributed by atoms with Gasteiger partial charge in [0.2, 0.25) is 0 Å². The second-order valence-corrected chi connectivity index (χ2v) is 7.42. The molecule has 7 heteroatoms. The lowest BCUT2D eigenvalue weighted by Crippen LogP contribution is -2.29. The van der Waals surface area contributed by atoms with Crippen LogP contribution in [0.5, 0.6) is 5.75 Å². The smallest absolute Gasteiger partial charge is 0.274 e. The van der Waals surface area contributed by atoms with Crippen molar-refractivity contribution < 1.29 is 14.1 Å². The van der Waals surface area contributed by atoms with Crippen LogP contribution in [0.3, 0.4) is 0 Å². The number of carbonyl (C=O) groups excluding carboxylic acids is 1. The van der Waals surface area contributed by atoms with E-state index in [0.717, 1.165) is 22.0 Å². The van der Waals surface area contributed by atoms with Crippen LogP contribution >= 0.6 is 0 Å². The average Bonchev–Trinajstić information content (AvgIpc) is 3.36. The number of nitrogens with zero attached hydrogens (tertiary/aromatic N) is 3. The Hall–Kier alpha value is -4.52. The van der Waals surface area contributed by atoms with Gasteiger partial charge >= 0.3 is 0 Å².